The fraction of sp³-hybridized carbons (Fsp3) is 0.556. The Labute approximate surface area is 162 Å². The number of hydrogen-bond acceptors (Lipinski definition) is 6. The summed E-state index contributed by atoms with van der Waals surface area (Å²) in [6.07, 6.45) is 5.10. The summed E-state index contributed by atoms with van der Waals surface area (Å²) in [5.74, 6) is 0.770. The molecule has 2 aliphatic heterocycles. The van der Waals surface area contributed by atoms with Gasteiger partial charge in [-0.15, -0.1) is 11.3 Å². The minimum absolute atomic E-state index is 0.0590. The highest BCUT2D eigenvalue weighted by molar-refractivity contribution is 7.07. The van der Waals surface area contributed by atoms with Crippen LogP contribution in [-0.4, -0.2) is 68.1 Å². The molecule has 4 rings (SSSR count). The minimum atomic E-state index is -0.711. The van der Waals surface area contributed by atoms with E-state index in [1.807, 2.05) is 24.2 Å². The van der Waals surface area contributed by atoms with E-state index in [2.05, 4.69) is 15.4 Å². The number of thiazole rings is 1. The number of nitrogens with one attached hydrogen (secondary N) is 1. The summed E-state index contributed by atoms with van der Waals surface area (Å²) in [5.41, 5.74) is 1.44. The normalized spacial score (nSPS) is 19.3. The third-order valence-electron chi connectivity index (χ3n) is 5.44. The van der Waals surface area contributed by atoms with Crippen LogP contribution >= 0.6 is 11.3 Å². The summed E-state index contributed by atoms with van der Waals surface area (Å²) in [4.78, 5) is 33.8. The summed E-state index contributed by atoms with van der Waals surface area (Å²) in [5, 5.41) is 9.58. The number of hydrogen-bond donors (Lipinski definition) is 1. The van der Waals surface area contributed by atoms with Gasteiger partial charge < -0.3 is 15.1 Å². The Morgan fingerprint density at radius 2 is 1.89 bits per heavy atom. The number of carbonyl (C=O) groups is 2. The fourth-order valence-corrected chi connectivity index (χ4v) is 4.44. The molecule has 144 valence electrons. The van der Waals surface area contributed by atoms with Gasteiger partial charge in [-0.25, -0.2) is 4.98 Å². The number of anilines is 1. The lowest BCUT2D eigenvalue weighted by atomic mass is 9.85. The summed E-state index contributed by atoms with van der Waals surface area (Å²) >= 11 is 1.42. The lowest BCUT2D eigenvalue weighted by Gasteiger charge is -2.42. The molecule has 27 heavy (non-hydrogen) atoms. The van der Waals surface area contributed by atoms with E-state index in [0.29, 0.717) is 37.4 Å². The summed E-state index contributed by atoms with van der Waals surface area (Å²) in [6.45, 7) is 2.67. The largest absolute Gasteiger partial charge is 0.354 e. The summed E-state index contributed by atoms with van der Waals surface area (Å²) in [7, 11) is 1.86. The number of carbonyl (C=O) groups excluding carboxylic acids is 2. The van der Waals surface area contributed by atoms with Gasteiger partial charge in [-0.2, -0.15) is 5.10 Å². The maximum absolute atomic E-state index is 13.4. The number of rotatable bonds is 4. The predicted octanol–water partition coefficient (Wildman–Crippen LogP) is 1.59. The van der Waals surface area contributed by atoms with Crippen LogP contribution in [0.2, 0.25) is 0 Å². The highest BCUT2D eigenvalue weighted by Gasteiger charge is 2.45. The quantitative estimate of drug-likeness (QED) is 0.860. The molecule has 2 aliphatic rings. The molecule has 0 atom stereocenters. The Balaban J connectivity index is 1.52. The average Bonchev–Trinajstić information content (AvgIpc) is 3.44. The number of aryl methyl sites for hydroxylation is 1. The summed E-state index contributed by atoms with van der Waals surface area (Å²) in [6, 6.07) is 1.88. The van der Waals surface area contributed by atoms with Crippen molar-refractivity contribution in [3.8, 4) is 0 Å². The number of piperidine rings is 1. The van der Waals surface area contributed by atoms with Gasteiger partial charge in [-0.05, 0) is 25.7 Å². The lowest BCUT2D eigenvalue weighted by Crippen LogP contribution is -2.59. The monoisotopic (exact) mass is 388 g/mol. The van der Waals surface area contributed by atoms with Gasteiger partial charge in [0.15, 0.2) is 0 Å². The van der Waals surface area contributed by atoms with Crippen LogP contribution < -0.4 is 5.32 Å². The van der Waals surface area contributed by atoms with E-state index in [1.165, 1.54) is 11.3 Å². The Bertz CT molecular complexity index is 804. The zero-order valence-corrected chi connectivity index (χ0v) is 16.2. The molecule has 0 aromatic carbocycles. The molecule has 2 saturated heterocycles. The third kappa shape index (κ3) is 3.55. The molecular weight excluding hydrogens is 364 g/mol. The molecule has 8 nitrogen and oxygen atoms in total. The van der Waals surface area contributed by atoms with Gasteiger partial charge >= 0.3 is 0 Å². The van der Waals surface area contributed by atoms with Crippen LogP contribution in [0.4, 0.5) is 5.82 Å². The first kappa shape index (κ1) is 18.0. The van der Waals surface area contributed by atoms with Crippen molar-refractivity contribution in [2.45, 2.75) is 31.2 Å². The molecule has 9 heteroatoms. The van der Waals surface area contributed by atoms with Crippen LogP contribution in [0.3, 0.4) is 0 Å². The van der Waals surface area contributed by atoms with Crippen molar-refractivity contribution in [3.63, 3.8) is 0 Å². The zero-order chi connectivity index (χ0) is 18.9. The van der Waals surface area contributed by atoms with E-state index in [1.54, 1.807) is 20.5 Å². The molecule has 2 amide bonds. The maximum Gasteiger partial charge on any atom is 0.273 e. The van der Waals surface area contributed by atoms with E-state index < -0.39 is 5.54 Å². The van der Waals surface area contributed by atoms with E-state index in [4.69, 9.17) is 0 Å². The lowest BCUT2D eigenvalue weighted by molar-refractivity contribution is -0.136. The SMILES string of the molecule is Cn1ccc(NC2(C(=O)N3CCCC3)CCN(C(=O)c3cscn3)CC2)n1. The second-order valence-corrected chi connectivity index (χ2v) is 7.97. The Morgan fingerprint density at radius 3 is 2.48 bits per heavy atom. The van der Waals surface area contributed by atoms with Gasteiger partial charge in [0.2, 0.25) is 5.91 Å². The number of likely N-dealkylation sites (tertiary alicyclic amines) is 2. The van der Waals surface area contributed by atoms with E-state index in [-0.39, 0.29) is 11.8 Å². The second kappa shape index (κ2) is 7.30. The van der Waals surface area contributed by atoms with Gasteiger partial charge in [0.25, 0.3) is 5.91 Å². The topological polar surface area (TPSA) is 83.4 Å². The third-order valence-corrected chi connectivity index (χ3v) is 6.03. The zero-order valence-electron chi connectivity index (χ0n) is 15.4. The van der Waals surface area contributed by atoms with Crippen LogP contribution in [-0.2, 0) is 11.8 Å². The molecule has 1 N–H and O–H groups in total. The van der Waals surface area contributed by atoms with Crippen molar-refractivity contribution >= 4 is 29.0 Å². The summed E-state index contributed by atoms with van der Waals surface area (Å²) < 4.78 is 1.72. The Hall–Kier alpha value is -2.42. The number of nitrogens with zero attached hydrogens (tertiary/aromatic N) is 5. The Morgan fingerprint density at radius 1 is 1.15 bits per heavy atom. The van der Waals surface area contributed by atoms with Crippen molar-refractivity contribution in [1.29, 1.82) is 0 Å². The second-order valence-electron chi connectivity index (χ2n) is 7.25. The highest BCUT2D eigenvalue weighted by atomic mass is 32.1. The molecule has 0 saturated carbocycles. The molecule has 0 radical (unpaired) electrons. The molecule has 0 unspecified atom stereocenters. The molecule has 2 aromatic rings. The first-order valence-electron chi connectivity index (χ1n) is 9.32. The van der Waals surface area contributed by atoms with Crippen molar-refractivity contribution < 1.29 is 9.59 Å². The average molecular weight is 388 g/mol. The minimum Gasteiger partial charge on any atom is -0.354 e. The van der Waals surface area contributed by atoms with Crippen LogP contribution in [0.25, 0.3) is 0 Å². The van der Waals surface area contributed by atoms with Crippen molar-refractivity contribution in [2.24, 2.45) is 7.05 Å². The smallest absolute Gasteiger partial charge is 0.273 e. The van der Waals surface area contributed by atoms with Gasteiger partial charge in [0.1, 0.15) is 17.1 Å². The first-order valence-corrected chi connectivity index (χ1v) is 10.3. The van der Waals surface area contributed by atoms with Crippen LogP contribution in [0.1, 0.15) is 36.2 Å². The van der Waals surface area contributed by atoms with Crippen LogP contribution in [0.15, 0.2) is 23.2 Å². The van der Waals surface area contributed by atoms with Gasteiger partial charge in [-0.1, -0.05) is 0 Å². The number of amides is 2. The maximum atomic E-state index is 13.4. The molecule has 0 aliphatic carbocycles. The van der Waals surface area contributed by atoms with Crippen LogP contribution in [0, 0.1) is 0 Å². The predicted molar refractivity (Wildman–Crippen MR) is 103 cm³/mol. The fourth-order valence-electron chi connectivity index (χ4n) is 3.91. The molecule has 2 fully saturated rings. The Kier molecular flexibility index (Phi) is 4.86. The van der Waals surface area contributed by atoms with Gasteiger partial charge in [-0.3, -0.25) is 14.3 Å². The highest BCUT2D eigenvalue weighted by Crippen LogP contribution is 2.30. The molecule has 4 heterocycles. The molecule has 0 bridgehead atoms. The van der Waals surface area contributed by atoms with Gasteiger partial charge in [0, 0.05) is 50.9 Å². The van der Waals surface area contributed by atoms with E-state index in [9.17, 15) is 9.59 Å². The standard InChI is InChI=1S/C18H24N6O2S/c1-22-9-4-15(21-22)20-18(17(26)24-7-2-3-8-24)5-10-23(11-6-18)16(25)14-12-27-13-19-14/h4,9,12-13H,2-3,5-8,10-11H2,1H3,(H,20,21). The van der Waals surface area contributed by atoms with Gasteiger partial charge in [0.05, 0.1) is 5.51 Å². The van der Waals surface area contributed by atoms with E-state index in [0.717, 1.165) is 25.9 Å². The van der Waals surface area contributed by atoms with Crippen molar-refractivity contribution in [2.75, 3.05) is 31.5 Å². The van der Waals surface area contributed by atoms with Crippen molar-refractivity contribution in [1.82, 2.24) is 24.6 Å². The molecular formula is C18H24N6O2S. The molecule has 2 aromatic heterocycles. The number of aromatic nitrogens is 3. The van der Waals surface area contributed by atoms with Crippen molar-refractivity contribution in [3.05, 3.63) is 28.8 Å². The van der Waals surface area contributed by atoms with E-state index >= 15 is 0 Å². The first-order chi connectivity index (χ1) is 13.1. The molecule has 0 spiro atoms. The van der Waals surface area contributed by atoms with Crippen LogP contribution in [0.5, 0.6) is 0 Å².